The lowest BCUT2D eigenvalue weighted by Crippen LogP contribution is -2.14. The normalized spacial score (nSPS) is 11.2. The van der Waals surface area contributed by atoms with Gasteiger partial charge in [0.1, 0.15) is 5.82 Å². The van der Waals surface area contributed by atoms with E-state index in [1.807, 2.05) is 19.1 Å². The minimum atomic E-state index is -0.181. The lowest BCUT2D eigenvalue weighted by atomic mass is 10.2. The van der Waals surface area contributed by atoms with Gasteiger partial charge in [-0.05, 0) is 31.2 Å². The van der Waals surface area contributed by atoms with Crippen LogP contribution in [-0.4, -0.2) is 42.5 Å². The Morgan fingerprint density at radius 2 is 2.08 bits per heavy atom. The summed E-state index contributed by atoms with van der Waals surface area (Å²) in [6.45, 7) is 1.87. The summed E-state index contributed by atoms with van der Waals surface area (Å²) in [5.74, 6) is 0.898. The first-order valence-electron chi connectivity index (χ1n) is 7.67. The number of aromatic nitrogens is 5. The predicted octanol–water partition coefficient (Wildman–Crippen LogP) is 2.16. The Labute approximate surface area is 153 Å². The van der Waals surface area contributed by atoms with Crippen LogP contribution >= 0.6 is 11.8 Å². The van der Waals surface area contributed by atoms with Crippen LogP contribution in [0, 0.1) is 0 Å². The molecule has 10 heteroatoms. The number of nitrogens with one attached hydrogen (secondary N) is 3. The van der Waals surface area contributed by atoms with E-state index in [-0.39, 0.29) is 11.7 Å². The molecule has 0 saturated heterocycles. The van der Waals surface area contributed by atoms with Crippen LogP contribution in [0.1, 0.15) is 12.5 Å². The number of carbonyl (C=O) groups is 1. The van der Waals surface area contributed by atoms with Gasteiger partial charge in [0.25, 0.3) is 0 Å². The Morgan fingerprint density at radius 1 is 1.23 bits per heavy atom. The molecule has 9 nitrogen and oxygen atoms in total. The summed E-state index contributed by atoms with van der Waals surface area (Å²) >= 11 is 1.21. The van der Waals surface area contributed by atoms with E-state index in [9.17, 15) is 4.79 Å². The molecule has 132 valence electrons. The molecule has 3 N–H and O–H groups in total. The number of H-pyrrole nitrogens is 1. The molecule has 0 unspecified atom stereocenters. The van der Waals surface area contributed by atoms with E-state index in [1.54, 1.807) is 36.8 Å². The second kappa shape index (κ2) is 8.72. The molecular weight excluding hydrogens is 352 g/mol. The van der Waals surface area contributed by atoms with E-state index in [0.29, 0.717) is 16.9 Å². The highest BCUT2D eigenvalue weighted by Crippen LogP contribution is 2.14. The Bertz CT molecular complexity index is 882. The van der Waals surface area contributed by atoms with Crippen LogP contribution in [0.4, 0.5) is 11.8 Å². The number of thioether (sulfide) groups is 1. The van der Waals surface area contributed by atoms with Crippen LogP contribution in [0.5, 0.6) is 0 Å². The predicted molar refractivity (Wildman–Crippen MR) is 100 cm³/mol. The SMILES string of the molecule is C/C(=N\Nc1nc(SCC(=O)Nc2ccccn2)n[nH]1)c1ccncc1. The standard InChI is InChI=1S/C16H16N8OS/c1-11(12-5-8-17-9-6-12)21-22-15-20-16(24-23-15)26-10-14(25)19-13-4-2-3-7-18-13/h2-9H,10H2,1H3,(H,18,19,25)(H2,20,22,23,24)/b21-11+. The van der Waals surface area contributed by atoms with Gasteiger partial charge in [-0.25, -0.2) is 15.5 Å². The zero-order chi connectivity index (χ0) is 18.2. The molecule has 3 aromatic rings. The van der Waals surface area contributed by atoms with Crippen LogP contribution in [0.2, 0.25) is 0 Å². The summed E-state index contributed by atoms with van der Waals surface area (Å²) in [6.07, 6.45) is 5.02. The van der Waals surface area contributed by atoms with Crippen LogP contribution in [-0.2, 0) is 4.79 Å². The third-order valence-electron chi connectivity index (χ3n) is 3.16. The summed E-state index contributed by atoms with van der Waals surface area (Å²) in [5, 5.41) is 14.1. The average molecular weight is 368 g/mol. The van der Waals surface area contributed by atoms with E-state index in [1.165, 1.54) is 11.8 Å². The van der Waals surface area contributed by atoms with Crippen molar-refractivity contribution < 1.29 is 4.79 Å². The maximum atomic E-state index is 11.9. The maximum absolute atomic E-state index is 11.9. The van der Waals surface area contributed by atoms with Crippen molar-refractivity contribution >= 4 is 35.1 Å². The van der Waals surface area contributed by atoms with E-state index in [4.69, 9.17) is 0 Å². The number of carbonyl (C=O) groups excluding carboxylic acids is 1. The molecule has 0 saturated carbocycles. The molecule has 3 rings (SSSR count). The summed E-state index contributed by atoms with van der Waals surface area (Å²) in [6, 6.07) is 9.04. The number of amides is 1. The quantitative estimate of drug-likeness (QED) is 0.332. The monoisotopic (exact) mass is 368 g/mol. The summed E-state index contributed by atoms with van der Waals surface area (Å²) < 4.78 is 0. The smallest absolute Gasteiger partial charge is 0.240 e. The molecule has 3 heterocycles. The van der Waals surface area contributed by atoms with Crippen LogP contribution in [0.15, 0.2) is 59.2 Å². The minimum absolute atomic E-state index is 0.174. The third-order valence-corrected chi connectivity index (χ3v) is 4.00. The topological polar surface area (TPSA) is 121 Å². The Balaban J connectivity index is 1.49. The zero-order valence-electron chi connectivity index (χ0n) is 13.9. The zero-order valence-corrected chi connectivity index (χ0v) is 14.7. The van der Waals surface area contributed by atoms with Gasteiger partial charge in [0.05, 0.1) is 11.5 Å². The third kappa shape index (κ3) is 5.11. The van der Waals surface area contributed by atoms with E-state index in [0.717, 1.165) is 11.3 Å². The van der Waals surface area contributed by atoms with Gasteiger partial charge in [-0.3, -0.25) is 9.78 Å². The first-order chi connectivity index (χ1) is 12.7. The lowest BCUT2D eigenvalue weighted by Gasteiger charge is -2.01. The summed E-state index contributed by atoms with van der Waals surface area (Å²) in [4.78, 5) is 24.1. The van der Waals surface area contributed by atoms with Crippen molar-refractivity contribution in [1.29, 1.82) is 0 Å². The molecule has 0 aliphatic rings. The van der Waals surface area contributed by atoms with E-state index < -0.39 is 0 Å². The van der Waals surface area contributed by atoms with Crippen LogP contribution < -0.4 is 10.7 Å². The highest BCUT2D eigenvalue weighted by molar-refractivity contribution is 7.99. The second-order valence-corrected chi connectivity index (χ2v) is 6.01. The van der Waals surface area contributed by atoms with Gasteiger partial charge in [-0.2, -0.15) is 10.1 Å². The first kappa shape index (κ1) is 17.5. The van der Waals surface area contributed by atoms with Gasteiger partial charge in [-0.1, -0.05) is 17.8 Å². The molecule has 26 heavy (non-hydrogen) atoms. The molecule has 0 aromatic carbocycles. The number of hydrogen-bond acceptors (Lipinski definition) is 8. The Hall–Kier alpha value is -3.27. The fourth-order valence-electron chi connectivity index (χ4n) is 1.90. The van der Waals surface area contributed by atoms with Crippen LogP contribution in [0.3, 0.4) is 0 Å². The summed E-state index contributed by atoms with van der Waals surface area (Å²) in [5.41, 5.74) is 4.54. The molecule has 0 radical (unpaired) electrons. The fraction of sp³-hybridized carbons (Fsp3) is 0.125. The molecule has 0 spiro atoms. The van der Waals surface area contributed by atoms with Gasteiger partial charge < -0.3 is 5.32 Å². The first-order valence-corrected chi connectivity index (χ1v) is 8.66. The Kier molecular flexibility index (Phi) is 5.88. The number of anilines is 2. The molecule has 0 aliphatic heterocycles. The molecule has 0 atom stereocenters. The van der Waals surface area contributed by atoms with Gasteiger partial charge in [0.2, 0.25) is 17.0 Å². The van der Waals surface area contributed by atoms with Crippen molar-refractivity contribution in [2.45, 2.75) is 12.1 Å². The van der Waals surface area contributed by atoms with Gasteiger partial charge in [0, 0.05) is 24.2 Å². The molecule has 0 fully saturated rings. The molecule has 0 aliphatic carbocycles. The van der Waals surface area contributed by atoms with E-state index in [2.05, 4.69) is 41.0 Å². The highest BCUT2D eigenvalue weighted by Gasteiger charge is 2.08. The van der Waals surface area contributed by atoms with Crippen molar-refractivity contribution in [1.82, 2.24) is 25.1 Å². The van der Waals surface area contributed by atoms with Gasteiger partial charge in [-0.15, -0.1) is 5.10 Å². The summed E-state index contributed by atoms with van der Waals surface area (Å²) in [7, 11) is 0. The number of hydrogen-bond donors (Lipinski definition) is 3. The highest BCUT2D eigenvalue weighted by atomic mass is 32.2. The van der Waals surface area contributed by atoms with Crippen molar-refractivity contribution in [3.05, 3.63) is 54.5 Å². The number of rotatable bonds is 7. The van der Waals surface area contributed by atoms with Crippen LogP contribution in [0.25, 0.3) is 0 Å². The molecule has 1 amide bonds. The molecular formula is C16H16N8OS. The molecule has 0 bridgehead atoms. The van der Waals surface area contributed by atoms with Crippen molar-refractivity contribution in [2.75, 3.05) is 16.5 Å². The van der Waals surface area contributed by atoms with Crippen molar-refractivity contribution in [3.8, 4) is 0 Å². The maximum Gasteiger partial charge on any atom is 0.240 e. The van der Waals surface area contributed by atoms with Crippen molar-refractivity contribution in [3.63, 3.8) is 0 Å². The number of aromatic amines is 1. The number of pyridine rings is 2. The Morgan fingerprint density at radius 3 is 2.85 bits per heavy atom. The largest absolute Gasteiger partial charge is 0.310 e. The average Bonchev–Trinajstić information content (AvgIpc) is 3.14. The molecule has 3 aromatic heterocycles. The van der Waals surface area contributed by atoms with Gasteiger partial charge >= 0.3 is 0 Å². The fourth-order valence-corrected chi connectivity index (χ4v) is 2.50. The van der Waals surface area contributed by atoms with Crippen molar-refractivity contribution in [2.24, 2.45) is 5.10 Å². The van der Waals surface area contributed by atoms with E-state index >= 15 is 0 Å². The van der Waals surface area contributed by atoms with Gasteiger partial charge in [0.15, 0.2) is 0 Å². The lowest BCUT2D eigenvalue weighted by molar-refractivity contribution is -0.113. The second-order valence-electron chi connectivity index (χ2n) is 5.06. The number of nitrogens with zero attached hydrogens (tertiary/aromatic N) is 5. The number of hydrazone groups is 1. The minimum Gasteiger partial charge on any atom is -0.310 e.